The molecule has 7 heteroatoms. The second-order valence-electron chi connectivity index (χ2n) is 6.87. The summed E-state index contributed by atoms with van der Waals surface area (Å²) in [7, 11) is 0. The molecule has 144 valence electrons. The Bertz CT molecular complexity index is 976. The molecule has 0 spiro atoms. The average molecular weight is 442 g/mol. The van der Waals surface area contributed by atoms with Crippen LogP contribution in [0.3, 0.4) is 0 Å². The van der Waals surface area contributed by atoms with E-state index in [0.29, 0.717) is 18.7 Å². The molecule has 0 radical (unpaired) electrons. The third-order valence-electron chi connectivity index (χ3n) is 4.99. The second-order valence-corrected chi connectivity index (χ2v) is 7.78. The highest BCUT2D eigenvalue weighted by molar-refractivity contribution is 9.10. The number of aromatic nitrogens is 1. The van der Waals surface area contributed by atoms with Crippen molar-refractivity contribution in [1.82, 2.24) is 15.2 Å². The predicted octanol–water partition coefficient (Wildman–Crippen LogP) is 3.73. The summed E-state index contributed by atoms with van der Waals surface area (Å²) >= 11 is 3.34. The molecular weight excluding hydrogens is 422 g/mol. The second kappa shape index (κ2) is 8.14. The molecule has 0 bridgehead atoms. The number of fused-ring (bicyclic) bond motifs is 1. The Hall–Kier alpha value is -2.67. The van der Waals surface area contributed by atoms with Gasteiger partial charge in [0.1, 0.15) is 5.52 Å². The maximum atomic E-state index is 12.4. The van der Waals surface area contributed by atoms with E-state index in [0.717, 1.165) is 34.3 Å². The van der Waals surface area contributed by atoms with E-state index >= 15 is 0 Å². The van der Waals surface area contributed by atoms with E-state index in [1.165, 1.54) is 0 Å². The van der Waals surface area contributed by atoms with Gasteiger partial charge in [0.25, 0.3) is 5.91 Å². The molecule has 1 aliphatic heterocycles. The molecule has 6 nitrogen and oxygen atoms in total. The Kier molecular flexibility index (Phi) is 5.43. The quantitative estimate of drug-likeness (QED) is 0.669. The summed E-state index contributed by atoms with van der Waals surface area (Å²) in [6.45, 7) is 1.27. The van der Waals surface area contributed by atoms with E-state index in [1.54, 1.807) is 23.1 Å². The van der Waals surface area contributed by atoms with Gasteiger partial charge in [0.15, 0.2) is 11.5 Å². The zero-order chi connectivity index (χ0) is 19.5. The van der Waals surface area contributed by atoms with E-state index in [1.807, 2.05) is 30.3 Å². The number of amides is 2. The van der Waals surface area contributed by atoms with Gasteiger partial charge in [-0.25, -0.2) is 4.98 Å². The van der Waals surface area contributed by atoms with Crippen molar-refractivity contribution >= 4 is 38.8 Å². The van der Waals surface area contributed by atoms with E-state index in [4.69, 9.17) is 4.42 Å². The van der Waals surface area contributed by atoms with Crippen LogP contribution in [0.4, 0.5) is 0 Å². The van der Waals surface area contributed by atoms with Crippen molar-refractivity contribution in [2.24, 2.45) is 0 Å². The van der Waals surface area contributed by atoms with Crippen molar-refractivity contribution in [3.8, 4) is 0 Å². The van der Waals surface area contributed by atoms with Crippen LogP contribution in [-0.4, -0.2) is 41.3 Å². The third kappa shape index (κ3) is 4.09. The largest absolute Gasteiger partial charge is 0.440 e. The molecule has 1 N–H and O–H groups in total. The molecule has 0 unspecified atom stereocenters. The van der Waals surface area contributed by atoms with E-state index in [2.05, 4.69) is 26.2 Å². The Labute approximate surface area is 171 Å². The van der Waals surface area contributed by atoms with Crippen LogP contribution in [0, 0.1) is 0 Å². The van der Waals surface area contributed by atoms with Gasteiger partial charge in [-0.15, -0.1) is 0 Å². The molecule has 1 saturated heterocycles. The van der Waals surface area contributed by atoms with Gasteiger partial charge in [0, 0.05) is 29.0 Å². The number of nitrogens with one attached hydrogen (secondary N) is 1. The summed E-state index contributed by atoms with van der Waals surface area (Å²) in [6.07, 6.45) is 1.61. The van der Waals surface area contributed by atoms with Gasteiger partial charge in [-0.3, -0.25) is 9.59 Å². The van der Waals surface area contributed by atoms with Gasteiger partial charge in [-0.2, -0.15) is 0 Å². The number of carbonyl (C=O) groups is 2. The summed E-state index contributed by atoms with van der Waals surface area (Å²) in [5, 5.41) is 2.70. The van der Waals surface area contributed by atoms with Crippen LogP contribution in [0.25, 0.3) is 11.1 Å². The third-order valence-corrected chi connectivity index (χ3v) is 5.49. The smallest absolute Gasteiger partial charge is 0.251 e. The van der Waals surface area contributed by atoms with E-state index in [9.17, 15) is 9.59 Å². The molecule has 2 aromatic carbocycles. The Morgan fingerprint density at radius 2 is 1.93 bits per heavy atom. The van der Waals surface area contributed by atoms with Gasteiger partial charge in [-0.05, 0) is 43.2 Å². The Balaban J connectivity index is 1.29. The first kappa shape index (κ1) is 18.7. The fourth-order valence-corrected chi connectivity index (χ4v) is 3.84. The lowest BCUT2D eigenvalue weighted by atomic mass is 9.97. The minimum Gasteiger partial charge on any atom is -0.440 e. The number of para-hydroxylation sites is 2. The molecule has 0 aliphatic carbocycles. The highest BCUT2D eigenvalue weighted by Crippen LogP contribution is 2.29. The number of nitrogens with zero attached hydrogens (tertiary/aromatic N) is 2. The number of hydrogen-bond donors (Lipinski definition) is 1. The Morgan fingerprint density at radius 3 is 2.68 bits per heavy atom. The van der Waals surface area contributed by atoms with Crippen molar-refractivity contribution in [2.45, 2.75) is 18.8 Å². The van der Waals surface area contributed by atoms with Crippen molar-refractivity contribution in [1.29, 1.82) is 0 Å². The first-order valence-electron chi connectivity index (χ1n) is 9.27. The molecule has 0 atom stereocenters. The van der Waals surface area contributed by atoms with Crippen LogP contribution in [0.15, 0.2) is 57.4 Å². The fraction of sp³-hybridized carbons (Fsp3) is 0.286. The minimum atomic E-state index is -0.254. The van der Waals surface area contributed by atoms with Crippen molar-refractivity contribution < 1.29 is 14.0 Å². The monoisotopic (exact) mass is 441 g/mol. The number of halogens is 1. The average Bonchev–Trinajstić information content (AvgIpc) is 3.16. The lowest BCUT2D eigenvalue weighted by Crippen LogP contribution is -2.43. The lowest BCUT2D eigenvalue weighted by Gasteiger charge is -2.30. The number of benzene rings is 2. The molecule has 1 aliphatic rings. The maximum absolute atomic E-state index is 12.4. The van der Waals surface area contributed by atoms with E-state index < -0.39 is 0 Å². The van der Waals surface area contributed by atoms with Gasteiger partial charge in [0.2, 0.25) is 5.91 Å². The van der Waals surface area contributed by atoms with Crippen molar-refractivity contribution in [3.05, 3.63) is 64.5 Å². The topological polar surface area (TPSA) is 75.4 Å². The zero-order valence-electron chi connectivity index (χ0n) is 15.2. The molecule has 1 fully saturated rings. The van der Waals surface area contributed by atoms with Crippen molar-refractivity contribution in [3.63, 3.8) is 0 Å². The normalized spacial score (nSPS) is 15.0. The number of piperidine rings is 1. The summed E-state index contributed by atoms with van der Waals surface area (Å²) in [5.74, 6) is 0.638. The van der Waals surface area contributed by atoms with Gasteiger partial charge in [0.05, 0.1) is 6.54 Å². The first-order chi connectivity index (χ1) is 13.6. The van der Waals surface area contributed by atoms with Crippen molar-refractivity contribution in [2.75, 3.05) is 19.6 Å². The molecular formula is C21H20BrN3O3. The van der Waals surface area contributed by atoms with Gasteiger partial charge < -0.3 is 14.6 Å². The maximum Gasteiger partial charge on any atom is 0.251 e. The van der Waals surface area contributed by atoms with Crippen LogP contribution in [0.1, 0.15) is 35.0 Å². The molecule has 4 rings (SSSR count). The molecule has 2 heterocycles. The summed E-state index contributed by atoms with van der Waals surface area (Å²) in [6, 6.07) is 14.8. The number of carbonyl (C=O) groups excluding carboxylic acids is 2. The van der Waals surface area contributed by atoms with Gasteiger partial charge >= 0.3 is 0 Å². The highest BCUT2D eigenvalue weighted by Gasteiger charge is 2.27. The zero-order valence-corrected chi connectivity index (χ0v) is 16.8. The number of hydrogen-bond acceptors (Lipinski definition) is 4. The van der Waals surface area contributed by atoms with E-state index in [-0.39, 0.29) is 24.3 Å². The Morgan fingerprint density at radius 1 is 1.14 bits per heavy atom. The van der Waals surface area contributed by atoms with Gasteiger partial charge in [-0.1, -0.05) is 34.1 Å². The van der Waals surface area contributed by atoms with Crippen LogP contribution >= 0.6 is 15.9 Å². The SMILES string of the molecule is O=C(NCC(=O)N1CCC(c2nc3ccccc3o2)CC1)c1cccc(Br)c1. The predicted molar refractivity (Wildman–Crippen MR) is 109 cm³/mol. The van der Waals surface area contributed by atoms with Crippen LogP contribution in [0.5, 0.6) is 0 Å². The molecule has 2 amide bonds. The van der Waals surface area contributed by atoms with Crippen LogP contribution in [0.2, 0.25) is 0 Å². The molecule has 1 aromatic heterocycles. The minimum absolute atomic E-state index is 0.00109. The summed E-state index contributed by atoms with van der Waals surface area (Å²) in [4.78, 5) is 31.0. The number of likely N-dealkylation sites (tertiary alicyclic amines) is 1. The summed E-state index contributed by atoms with van der Waals surface area (Å²) < 4.78 is 6.69. The first-order valence-corrected chi connectivity index (χ1v) is 10.1. The lowest BCUT2D eigenvalue weighted by molar-refractivity contribution is -0.131. The highest BCUT2D eigenvalue weighted by atomic mass is 79.9. The van der Waals surface area contributed by atoms with Crippen LogP contribution < -0.4 is 5.32 Å². The summed E-state index contributed by atoms with van der Waals surface area (Å²) in [5.41, 5.74) is 2.19. The standard InChI is InChI=1S/C21H20BrN3O3/c22-16-5-3-4-15(12-16)20(27)23-13-19(26)25-10-8-14(9-11-25)21-24-17-6-1-2-7-18(17)28-21/h1-7,12,14H,8-11,13H2,(H,23,27). The molecule has 28 heavy (non-hydrogen) atoms. The molecule has 3 aromatic rings. The fourth-order valence-electron chi connectivity index (χ4n) is 3.44. The number of oxazole rings is 1. The number of rotatable bonds is 4. The van der Waals surface area contributed by atoms with Crippen LogP contribution in [-0.2, 0) is 4.79 Å². The molecule has 0 saturated carbocycles.